The summed E-state index contributed by atoms with van der Waals surface area (Å²) in [6.07, 6.45) is 2.90. The van der Waals surface area contributed by atoms with Gasteiger partial charge in [0.05, 0.1) is 12.3 Å². The molecule has 0 aliphatic carbocycles. The number of thioether (sulfide) groups is 1. The molecule has 2 heterocycles. The molecule has 1 aromatic heterocycles. The van der Waals surface area contributed by atoms with E-state index in [4.69, 9.17) is 9.47 Å². The Morgan fingerprint density at radius 2 is 2.24 bits per heavy atom. The Hall–Kier alpha value is -1.52. The fourth-order valence-corrected chi connectivity index (χ4v) is 3.46. The molecular weight excluding hydrogens is 282 g/mol. The average molecular weight is 301 g/mol. The van der Waals surface area contributed by atoms with Crippen LogP contribution >= 0.6 is 11.8 Å². The lowest BCUT2D eigenvalue weighted by molar-refractivity contribution is 0.166. The molecule has 1 aliphatic rings. The number of rotatable bonds is 5. The summed E-state index contributed by atoms with van der Waals surface area (Å²) in [5.41, 5.74) is 1.20. The lowest BCUT2D eigenvalue weighted by atomic mass is 10.2. The van der Waals surface area contributed by atoms with E-state index < -0.39 is 0 Å². The minimum atomic E-state index is 0.269. The third-order valence-electron chi connectivity index (χ3n) is 3.35. The van der Waals surface area contributed by atoms with Crippen molar-refractivity contribution in [3.8, 4) is 5.75 Å². The molecule has 0 N–H and O–H groups in total. The molecule has 0 radical (unpaired) electrons. The van der Waals surface area contributed by atoms with E-state index in [0.29, 0.717) is 12.5 Å². The molecular formula is C17H19NO2S. The lowest BCUT2D eigenvalue weighted by Crippen LogP contribution is -1.99. The van der Waals surface area contributed by atoms with E-state index in [1.54, 1.807) is 18.0 Å². The van der Waals surface area contributed by atoms with Gasteiger partial charge < -0.3 is 9.47 Å². The topological polar surface area (TPSA) is 31.4 Å². The number of ether oxygens (including phenoxy) is 2. The van der Waals surface area contributed by atoms with Gasteiger partial charge in [0, 0.05) is 11.1 Å². The maximum atomic E-state index is 5.80. The van der Waals surface area contributed by atoms with Crippen LogP contribution in [0.15, 0.2) is 53.6 Å². The van der Waals surface area contributed by atoms with Gasteiger partial charge in [-0.05, 0) is 42.7 Å². The summed E-state index contributed by atoms with van der Waals surface area (Å²) < 4.78 is 11.6. The molecule has 1 saturated heterocycles. The van der Waals surface area contributed by atoms with E-state index in [2.05, 4.69) is 24.0 Å². The second kappa shape index (κ2) is 6.96. The third kappa shape index (κ3) is 4.22. The Morgan fingerprint density at radius 1 is 1.29 bits per heavy atom. The largest absolute Gasteiger partial charge is 0.487 e. The van der Waals surface area contributed by atoms with Crippen molar-refractivity contribution in [3.05, 3.63) is 54.4 Å². The zero-order valence-electron chi connectivity index (χ0n) is 12.1. The van der Waals surface area contributed by atoms with Crippen molar-refractivity contribution in [1.29, 1.82) is 0 Å². The molecule has 2 aromatic rings. The zero-order chi connectivity index (χ0) is 14.5. The molecule has 1 aromatic carbocycles. The van der Waals surface area contributed by atoms with Crippen LogP contribution in [-0.4, -0.2) is 17.0 Å². The van der Waals surface area contributed by atoms with Gasteiger partial charge in [-0.3, -0.25) is 4.98 Å². The van der Waals surface area contributed by atoms with E-state index in [1.807, 2.05) is 30.3 Å². The van der Waals surface area contributed by atoms with Crippen molar-refractivity contribution in [2.75, 3.05) is 6.61 Å². The molecule has 0 bridgehead atoms. The molecule has 0 amide bonds. The van der Waals surface area contributed by atoms with Gasteiger partial charge in [-0.15, -0.1) is 0 Å². The molecule has 3 nitrogen and oxygen atoms in total. The second-order valence-electron chi connectivity index (χ2n) is 5.31. The molecule has 4 heteroatoms. The third-order valence-corrected chi connectivity index (χ3v) is 4.46. The van der Waals surface area contributed by atoms with Crippen LogP contribution < -0.4 is 4.74 Å². The number of pyridine rings is 1. The second-order valence-corrected chi connectivity index (χ2v) is 6.54. The van der Waals surface area contributed by atoms with Crippen LogP contribution in [0.4, 0.5) is 0 Å². The van der Waals surface area contributed by atoms with E-state index in [-0.39, 0.29) is 5.44 Å². The van der Waals surface area contributed by atoms with Gasteiger partial charge in [0.1, 0.15) is 17.8 Å². The summed E-state index contributed by atoms with van der Waals surface area (Å²) in [5.74, 6) is 1.53. The SMILES string of the molecule is C[C@H]1COC(Sc2cccc(OCc3ccccn3)c2)C1. The van der Waals surface area contributed by atoms with Crippen LogP contribution in [0.2, 0.25) is 0 Å². The summed E-state index contributed by atoms with van der Waals surface area (Å²) in [6.45, 7) is 3.59. The van der Waals surface area contributed by atoms with Crippen molar-refractivity contribution in [2.24, 2.45) is 5.92 Å². The molecule has 2 atom stereocenters. The predicted molar refractivity (Wildman–Crippen MR) is 84.4 cm³/mol. The molecule has 1 aliphatic heterocycles. The van der Waals surface area contributed by atoms with Gasteiger partial charge in [-0.25, -0.2) is 0 Å². The highest BCUT2D eigenvalue weighted by Gasteiger charge is 2.22. The van der Waals surface area contributed by atoms with Gasteiger partial charge in [0.15, 0.2) is 0 Å². The molecule has 1 unspecified atom stereocenters. The van der Waals surface area contributed by atoms with Crippen LogP contribution in [0.5, 0.6) is 5.75 Å². The maximum absolute atomic E-state index is 5.80. The normalized spacial score (nSPS) is 21.4. The minimum absolute atomic E-state index is 0.269. The van der Waals surface area contributed by atoms with Crippen LogP contribution in [0, 0.1) is 5.92 Å². The zero-order valence-corrected chi connectivity index (χ0v) is 12.9. The minimum Gasteiger partial charge on any atom is -0.487 e. The number of hydrogen-bond donors (Lipinski definition) is 0. The fraction of sp³-hybridized carbons (Fsp3) is 0.353. The number of nitrogens with zero attached hydrogens (tertiary/aromatic N) is 1. The molecule has 1 fully saturated rings. The van der Waals surface area contributed by atoms with Gasteiger partial charge >= 0.3 is 0 Å². The van der Waals surface area contributed by atoms with E-state index in [9.17, 15) is 0 Å². The van der Waals surface area contributed by atoms with Gasteiger partial charge in [0.2, 0.25) is 0 Å². The summed E-state index contributed by atoms with van der Waals surface area (Å²) in [4.78, 5) is 5.45. The Morgan fingerprint density at radius 3 is 3.00 bits per heavy atom. The molecule has 110 valence electrons. The van der Waals surface area contributed by atoms with E-state index in [0.717, 1.165) is 24.5 Å². The first-order valence-electron chi connectivity index (χ1n) is 7.20. The lowest BCUT2D eigenvalue weighted by Gasteiger charge is -2.11. The van der Waals surface area contributed by atoms with Gasteiger partial charge in [-0.2, -0.15) is 0 Å². The number of aromatic nitrogens is 1. The molecule has 0 spiro atoms. The average Bonchev–Trinajstić information content (AvgIpc) is 2.92. The van der Waals surface area contributed by atoms with Crippen molar-refractivity contribution >= 4 is 11.8 Å². The summed E-state index contributed by atoms with van der Waals surface area (Å²) in [6, 6.07) is 14.0. The van der Waals surface area contributed by atoms with Crippen molar-refractivity contribution in [2.45, 2.75) is 30.3 Å². The molecule has 3 rings (SSSR count). The van der Waals surface area contributed by atoms with Crippen molar-refractivity contribution < 1.29 is 9.47 Å². The van der Waals surface area contributed by atoms with E-state index in [1.165, 1.54) is 4.90 Å². The monoisotopic (exact) mass is 301 g/mol. The molecule has 0 saturated carbocycles. The van der Waals surface area contributed by atoms with Crippen molar-refractivity contribution in [3.63, 3.8) is 0 Å². The summed E-state index contributed by atoms with van der Waals surface area (Å²) >= 11 is 1.77. The highest BCUT2D eigenvalue weighted by Crippen LogP contribution is 2.34. The first-order chi connectivity index (χ1) is 10.3. The number of hydrogen-bond acceptors (Lipinski definition) is 4. The van der Waals surface area contributed by atoms with Gasteiger partial charge in [-0.1, -0.05) is 30.8 Å². The van der Waals surface area contributed by atoms with Crippen molar-refractivity contribution in [1.82, 2.24) is 4.98 Å². The smallest absolute Gasteiger partial charge is 0.130 e. The summed E-state index contributed by atoms with van der Waals surface area (Å²) in [5, 5.41) is 0. The fourth-order valence-electron chi connectivity index (χ4n) is 2.25. The van der Waals surface area contributed by atoms with Crippen LogP contribution in [0.25, 0.3) is 0 Å². The first kappa shape index (κ1) is 14.4. The highest BCUT2D eigenvalue weighted by molar-refractivity contribution is 7.99. The standard InChI is InChI=1S/C17H19NO2S/c1-13-9-17(20-11-13)21-16-7-4-6-15(10-16)19-12-14-5-2-3-8-18-14/h2-8,10,13,17H,9,11-12H2,1H3/t13-,17?/m1/s1. The Balaban J connectivity index is 1.58. The van der Waals surface area contributed by atoms with Crippen LogP contribution in [0.1, 0.15) is 19.0 Å². The summed E-state index contributed by atoms with van der Waals surface area (Å²) in [7, 11) is 0. The van der Waals surface area contributed by atoms with E-state index >= 15 is 0 Å². The molecule has 21 heavy (non-hydrogen) atoms. The Labute approximate surface area is 129 Å². The quantitative estimate of drug-likeness (QED) is 0.831. The number of benzene rings is 1. The predicted octanol–water partition coefficient (Wildman–Crippen LogP) is 4.14. The highest BCUT2D eigenvalue weighted by atomic mass is 32.2. The first-order valence-corrected chi connectivity index (χ1v) is 8.08. The van der Waals surface area contributed by atoms with Crippen LogP contribution in [0.3, 0.4) is 0 Å². The Kier molecular flexibility index (Phi) is 4.78. The Bertz CT molecular complexity index is 576. The van der Waals surface area contributed by atoms with Gasteiger partial charge in [0.25, 0.3) is 0 Å². The maximum Gasteiger partial charge on any atom is 0.130 e. The van der Waals surface area contributed by atoms with Crippen LogP contribution in [-0.2, 0) is 11.3 Å².